The number of hydrogen-bond acceptors (Lipinski definition) is 3. The Balaban J connectivity index is 1.65. The van der Waals surface area contributed by atoms with Crippen LogP contribution < -0.4 is 5.32 Å². The molecule has 1 aromatic rings. The normalized spacial score (nSPS) is 18.8. The van der Waals surface area contributed by atoms with Crippen molar-refractivity contribution < 1.29 is 4.79 Å². The van der Waals surface area contributed by atoms with Crippen molar-refractivity contribution in [3.63, 3.8) is 0 Å². The molecular weight excluding hydrogens is 268 g/mol. The van der Waals surface area contributed by atoms with Crippen LogP contribution in [0.25, 0.3) is 0 Å². The highest BCUT2D eigenvalue weighted by Gasteiger charge is 2.18. The van der Waals surface area contributed by atoms with Crippen LogP contribution in [0.2, 0.25) is 0 Å². The first kappa shape index (κ1) is 15.4. The number of aryl methyl sites for hydroxylation is 1. The summed E-state index contributed by atoms with van der Waals surface area (Å²) in [5.41, 5.74) is 1.35. The van der Waals surface area contributed by atoms with Gasteiger partial charge in [-0.3, -0.25) is 4.79 Å². The summed E-state index contributed by atoms with van der Waals surface area (Å²) in [5.74, 6) is 2.49. The first-order chi connectivity index (χ1) is 9.75. The van der Waals surface area contributed by atoms with Crippen LogP contribution in [0.1, 0.15) is 18.4 Å². The van der Waals surface area contributed by atoms with E-state index in [9.17, 15) is 4.79 Å². The van der Waals surface area contributed by atoms with Gasteiger partial charge in [-0.2, -0.15) is 11.8 Å². The molecule has 1 heterocycles. The maximum absolute atomic E-state index is 12.1. The molecule has 0 spiro atoms. The molecule has 0 saturated carbocycles. The van der Waals surface area contributed by atoms with Crippen LogP contribution in [0.4, 0.5) is 0 Å². The fraction of sp³-hybridized carbons (Fsp3) is 0.562. The largest absolute Gasteiger partial charge is 0.346 e. The quantitative estimate of drug-likeness (QED) is 0.872. The molecule has 0 aliphatic carbocycles. The molecule has 20 heavy (non-hydrogen) atoms. The van der Waals surface area contributed by atoms with Crippen molar-refractivity contribution in [2.24, 2.45) is 0 Å². The van der Waals surface area contributed by atoms with Gasteiger partial charge >= 0.3 is 0 Å². The zero-order chi connectivity index (χ0) is 14.2. The Hall–Kier alpha value is -1.00. The summed E-state index contributed by atoms with van der Waals surface area (Å²) in [4.78, 5) is 14.0. The van der Waals surface area contributed by atoms with E-state index in [1.165, 1.54) is 5.56 Å². The standard InChI is InChI=1S/C16H24N2OS/c1-18(10-5-8-14-6-3-2-4-7-14)16(19)12-15-13-20-11-9-17-15/h2-4,6-7,15,17H,5,8-13H2,1H3. The maximum atomic E-state index is 12.1. The Labute approximate surface area is 126 Å². The third kappa shape index (κ3) is 5.17. The summed E-state index contributed by atoms with van der Waals surface area (Å²) < 4.78 is 0. The zero-order valence-electron chi connectivity index (χ0n) is 12.2. The number of amides is 1. The van der Waals surface area contributed by atoms with E-state index in [-0.39, 0.29) is 5.91 Å². The van der Waals surface area contributed by atoms with E-state index in [2.05, 4.69) is 29.6 Å². The molecule has 0 aromatic heterocycles. The molecule has 1 amide bonds. The van der Waals surface area contributed by atoms with Crippen molar-refractivity contribution in [2.45, 2.75) is 25.3 Å². The lowest BCUT2D eigenvalue weighted by molar-refractivity contribution is -0.130. The molecular formula is C16H24N2OS. The van der Waals surface area contributed by atoms with Crippen LogP contribution in [0.5, 0.6) is 0 Å². The molecule has 1 fully saturated rings. The summed E-state index contributed by atoms with van der Waals surface area (Å²) >= 11 is 1.94. The molecule has 1 atom stereocenters. The number of carbonyl (C=O) groups excluding carboxylic acids is 1. The van der Waals surface area contributed by atoms with Crippen molar-refractivity contribution in [1.82, 2.24) is 10.2 Å². The van der Waals surface area contributed by atoms with Crippen molar-refractivity contribution in [2.75, 3.05) is 31.6 Å². The molecule has 3 nitrogen and oxygen atoms in total. The van der Waals surface area contributed by atoms with E-state index in [1.807, 2.05) is 29.8 Å². The lowest BCUT2D eigenvalue weighted by atomic mass is 10.1. The Kier molecular flexibility index (Phi) is 6.40. The molecule has 1 aromatic carbocycles. The minimum absolute atomic E-state index is 0.262. The highest BCUT2D eigenvalue weighted by atomic mass is 32.2. The molecule has 2 rings (SSSR count). The first-order valence-electron chi connectivity index (χ1n) is 7.35. The number of nitrogens with one attached hydrogen (secondary N) is 1. The Morgan fingerprint density at radius 3 is 2.90 bits per heavy atom. The molecule has 1 unspecified atom stereocenters. The Morgan fingerprint density at radius 1 is 1.40 bits per heavy atom. The van der Waals surface area contributed by atoms with E-state index >= 15 is 0 Å². The fourth-order valence-electron chi connectivity index (χ4n) is 2.41. The molecule has 1 N–H and O–H groups in total. The van der Waals surface area contributed by atoms with E-state index in [4.69, 9.17) is 0 Å². The molecule has 4 heteroatoms. The van der Waals surface area contributed by atoms with Crippen molar-refractivity contribution in [3.05, 3.63) is 35.9 Å². The zero-order valence-corrected chi connectivity index (χ0v) is 13.0. The second kappa shape index (κ2) is 8.32. The van der Waals surface area contributed by atoms with Gasteiger partial charge in [-0.1, -0.05) is 30.3 Å². The molecule has 110 valence electrons. The molecule has 1 aliphatic rings. The van der Waals surface area contributed by atoms with Gasteiger partial charge in [0.1, 0.15) is 0 Å². The van der Waals surface area contributed by atoms with Gasteiger partial charge in [0, 0.05) is 44.1 Å². The third-order valence-electron chi connectivity index (χ3n) is 3.65. The van der Waals surface area contributed by atoms with Crippen LogP contribution in [0.3, 0.4) is 0 Å². The second-order valence-corrected chi connectivity index (χ2v) is 6.48. The minimum atomic E-state index is 0.262. The van der Waals surface area contributed by atoms with Gasteiger partial charge in [-0.05, 0) is 18.4 Å². The SMILES string of the molecule is CN(CCCc1ccccc1)C(=O)CC1CSCCN1. The average molecular weight is 292 g/mol. The molecule has 0 bridgehead atoms. The predicted octanol–water partition coefficient (Wildman–Crippen LogP) is 2.17. The van der Waals surface area contributed by atoms with Crippen LogP contribution in [-0.2, 0) is 11.2 Å². The Morgan fingerprint density at radius 2 is 2.20 bits per heavy atom. The highest BCUT2D eigenvalue weighted by molar-refractivity contribution is 7.99. The number of rotatable bonds is 6. The number of carbonyl (C=O) groups is 1. The third-order valence-corrected chi connectivity index (χ3v) is 4.78. The van der Waals surface area contributed by atoms with Gasteiger partial charge in [0.15, 0.2) is 0 Å². The maximum Gasteiger partial charge on any atom is 0.223 e. The lowest BCUT2D eigenvalue weighted by Crippen LogP contribution is -2.42. The van der Waals surface area contributed by atoms with Crippen molar-refractivity contribution in [1.29, 1.82) is 0 Å². The van der Waals surface area contributed by atoms with Gasteiger partial charge in [0.25, 0.3) is 0 Å². The summed E-state index contributed by atoms with van der Waals surface area (Å²) in [6, 6.07) is 10.8. The predicted molar refractivity (Wildman–Crippen MR) is 86.1 cm³/mol. The lowest BCUT2D eigenvalue weighted by Gasteiger charge is -2.25. The van der Waals surface area contributed by atoms with Crippen molar-refractivity contribution in [3.8, 4) is 0 Å². The van der Waals surface area contributed by atoms with Gasteiger partial charge in [-0.15, -0.1) is 0 Å². The summed E-state index contributed by atoms with van der Waals surface area (Å²) in [6.07, 6.45) is 2.70. The molecule has 1 aliphatic heterocycles. The first-order valence-corrected chi connectivity index (χ1v) is 8.50. The number of nitrogens with zero attached hydrogens (tertiary/aromatic N) is 1. The van der Waals surface area contributed by atoms with E-state index in [1.54, 1.807) is 0 Å². The second-order valence-electron chi connectivity index (χ2n) is 5.33. The average Bonchev–Trinajstić information content (AvgIpc) is 2.49. The summed E-state index contributed by atoms with van der Waals surface area (Å²) in [6.45, 7) is 1.87. The van der Waals surface area contributed by atoms with Gasteiger partial charge < -0.3 is 10.2 Å². The fourth-order valence-corrected chi connectivity index (χ4v) is 3.36. The summed E-state index contributed by atoms with van der Waals surface area (Å²) in [5, 5.41) is 3.42. The van der Waals surface area contributed by atoms with Crippen LogP contribution in [0.15, 0.2) is 30.3 Å². The monoisotopic (exact) mass is 292 g/mol. The molecule has 0 radical (unpaired) electrons. The number of benzene rings is 1. The van der Waals surface area contributed by atoms with Gasteiger partial charge in [0.2, 0.25) is 5.91 Å². The van der Waals surface area contributed by atoms with Crippen molar-refractivity contribution >= 4 is 17.7 Å². The highest BCUT2D eigenvalue weighted by Crippen LogP contribution is 2.11. The van der Waals surface area contributed by atoms with Crippen LogP contribution >= 0.6 is 11.8 Å². The topological polar surface area (TPSA) is 32.3 Å². The number of thioether (sulfide) groups is 1. The summed E-state index contributed by atoms with van der Waals surface area (Å²) in [7, 11) is 1.92. The molecule has 1 saturated heterocycles. The number of hydrogen-bond donors (Lipinski definition) is 1. The van der Waals surface area contributed by atoms with E-state index < -0.39 is 0 Å². The van der Waals surface area contributed by atoms with E-state index in [0.717, 1.165) is 37.4 Å². The Bertz CT molecular complexity index is 404. The van der Waals surface area contributed by atoms with E-state index in [0.29, 0.717) is 12.5 Å². The van der Waals surface area contributed by atoms with Crippen LogP contribution in [0, 0.1) is 0 Å². The smallest absolute Gasteiger partial charge is 0.223 e. The van der Waals surface area contributed by atoms with Gasteiger partial charge in [-0.25, -0.2) is 0 Å². The minimum Gasteiger partial charge on any atom is -0.346 e. The van der Waals surface area contributed by atoms with Gasteiger partial charge in [0.05, 0.1) is 0 Å². The van der Waals surface area contributed by atoms with Crippen LogP contribution in [-0.4, -0.2) is 48.5 Å².